The second-order valence-corrected chi connectivity index (χ2v) is 4.06. The van der Waals surface area contributed by atoms with E-state index < -0.39 is 12.1 Å². The van der Waals surface area contributed by atoms with Gasteiger partial charge in [-0.2, -0.15) is 0 Å². The molecule has 96 valence electrons. The first kappa shape index (κ1) is 14.4. The molecule has 0 N–H and O–H groups in total. The molecule has 1 aromatic carbocycles. The summed E-state index contributed by atoms with van der Waals surface area (Å²) >= 11 is 3.10. The lowest BCUT2D eigenvalue weighted by atomic mass is 10.3. The van der Waals surface area contributed by atoms with Crippen molar-refractivity contribution in [1.29, 1.82) is 0 Å². The average Bonchev–Trinajstić information content (AvgIpc) is 2.31. The van der Waals surface area contributed by atoms with Crippen molar-refractivity contribution < 1.29 is 18.6 Å². The van der Waals surface area contributed by atoms with Gasteiger partial charge < -0.3 is 14.2 Å². The standard InChI is InChI=1S/C12H16BrFO3/c1-3-15-11(16-4-2)8-17-10-7-5-6-9(13)12(10)14/h5-7,11H,3-4,8H2,1-2H3. The van der Waals surface area contributed by atoms with Crippen molar-refractivity contribution in [3.63, 3.8) is 0 Å². The number of hydrogen-bond acceptors (Lipinski definition) is 3. The molecule has 0 heterocycles. The fraction of sp³-hybridized carbons (Fsp3) is 0.500. The molecule has 0 aliphatic rings. The molecule has 0 spiro atoms. The van der Waals surface area contributed by atoms with Crippen molar-refractivity contribution in [2.45, 2.75) is 20.1 Å². The van der Waals surface area contributed by atoms with Crippen LogP contribution in [0.4, 0.5) is 4.39 Å². The fourth-order valence-electron chi connectivity index (χ4n) is 1.27. The van der Waals surface area contributed by atoms with Gasteiger partial charge in [0.25, 0.3) is 0 Å². The van der Waals surface area contributed by atoms with Gasteiger partial charge in [0, 0.05) is 13.2 Å². The van der Waals surface area contributed by atoms with E-state index >= 15 is 0 Å². The van der Waals surface area contributed by atoms with Crippen LogP contribution >= 0.6 is 15.9 Å². The minimum atomic E-state index is -0.469. The van der Waals surface area contributed by atoms with Gasteiger partial charge in [0.2, 0.25) is 0 Å². The van der Waals surface area contributed by atoms with Crippen molar-refractivity contribution >= 4 is 15.9 Å². The summed E-state index contributed by atoms with van der Waals surface area (Å²) in [5.41, 5.74) is 0. The molecule has 5 heteroatoms. The van der Waals surface area contributed by atoms with Gasteiger partial charge >= 0.3 is 0 Å². The SMILES string of the molecule is CCOC(COc1cccc(Br)c1F)OCC. The van der Waals surface area contributed by atoms with Gasteiger partial charge in [-0.15, -0.1) is 0 Å². The molecule has 0 atom stereocenters. The third kappa shape index (κ3) is 4.61. The first-order valence-electron chi connectivity index (χ1n) is 5.49. The van der Waals surface area contributed by atoms with E-state index in [1.165, 1.54) is 0 Å². The highest BCUT2D eigenvalue weighted by Crippen LogP contribution is 2.24. The van der Waals surface area contributed by atoms with E-state index in [4.69, 9.17) is 14.2 Å². The molecule has 3 nitrogen and oxygen atoms in total. The smallest absolute Gasteiger partial charge is 0.191 e. The monoisotopic (exact) mass is 306 g/mol. The van der Waals surface area contributed by atoms with Gasteiger partial charge in [-0.3, -0.25) is 0 Å². The second kappa shape index (κ2) is 7.63. The molecule has 0 saturated heterocycles. The van der Waals surface area contributed by atoms with Crippen LogP contribution in [0.5, 0.6) is 5.75 Å². The summed E-state index contributed by atoms with van der Waals surface area (Å²) in [6, 6.07) is 4.89. The van der Waals surface area contributed by atoms with Crippen molar-refractivity contribution in [1.82, 2.24) is 0 Å². The Morgan fingerprint density at radius 2 is 1.88 bits per heavy atom. The van der Waals surface area contributed by atoms with E-state index in [2.05, 4.69) is 15.9 Å². The molecule has 0 fully saturated rings. The minimum Gasteiger partial charge on any atom is -0.485 e. The quantitative estimate of drug-likeness (QED) is 0.723. The van der Waals surface area contributed by atoms with Crippen LogP contribution in [-0.4, -0.2) is 26.1 Å². The molecule has 0 saturated carbocycles. The Morgan fingerprint density at radius 1 is 1.24 bits per heavy atom. The molecule has 1 aromatic rings. The third-order valence-electron chi connectivity index (χ3n) is 2.00. The molecule has 0 aliphatic carbocycles. The molecule has 0 aliphatic heterocycles. The number of rotatable bonds is 7. The molecule has 0 bridgehead atoms. The second-order valence-electron chi connectivity index (χ2n) is 3.20. The van der Waals surface area contributed by atoms with Crippen LogP contribution in [0, 0.1) is 5.82 Å². The maximum absolute atomic E-state index is 13.6. The highest BCUT2D eigenvalue weighted by Gasteiger charge is 2.12. The maximum atomic E-state index is 13.6. The summed E-state index contributed by atoms with van der Waals surface area (Å²) in [6.45, 7) is 4.94. The molecule has 0 unspecified atom stereocenters. The van der Waals surface area contributed by atoms with Crippen molar-refractivity contribution in [3.8, 4) is 5.75 Å². The predicted octanol–water partition coefficient (Wildman–Crippen LogP) is 3.37. The van der Waals surface area contributed by atoms with E-state index in [1.54, 1.807) is 18.2 Å². The lowest BCUT2D eigenvalue weighted by molar-refractivity contribution is -0.152. The van der Waals surface area contributed by atoms with Crippen LogP contribution in [0.2, 0.25) is 0 Å². The summed E-state index contributed by atoms with van der Waals surface area (Å²) in [6.07, 6.45) is -0.469. The zero-order valence-electron chi connectivity index (χ0n) is 9.91. The highest BCUT2D eigenvalue weighted by atomic mass is 79.9. The van der Waals surface area contributed by atoms with E-state index in [0.29, 0.717) is 17.7 Å². The van der Waals surface area contributed by atoms with Crippen LogP contribution in [0.3, 0.4) is 0 Å². The molecular weight excluding hydrogens is 291 g/mol. The van der Waals surface area contributed by atoms with Crippen LogP contribution in [-0.2, 0) is 9.47 Å². The van der Waals surface area contributed by atoms with Crippen molar-refractivity contribution in [3.05, 3.63) is 28.5 Å². The lowest BCUT2D eigenvalue weighted by Gasteiger charge is -2.17. The van der Waals surface area contributed by atoms with Crippen LogP contribution in [0.1, 0.15) is 13.8 Å². The van der Waals surface area contributed by atoms with E-state index in [9.17, 15) is 4.39 Å². The summed E-state index contributed by atoms with van der Waals surface area (Å²) in [5, 5.41) is 0. The molecule has 0 radical (unpaired) electrons. The number of halogens is 2. The van der Waals surface area contributed by atoms with E-state index in [0.717, 1.165) is 0 Å². The van der Waals surface area contributed by atoms with Gasteiger partial charge in [0.05, 0.1) is 4.47 Å². The Hall–Kier alpha value is -0.650. The zero-order chi connectivity index (χ0) is 12.7. The average molecular weight is 307 g/mol. The summed E-state index contributed by atoms with van der Waals surface area (Å²) in [5.74, 6) is -0.233. The predicted molar refractivity (Wildman–Crippen MR) is 66.6 cm³/mol. The van der Waals surface area contributed by atoms with Crippen molar-refractivity contribution in [2.24, 2.45) is 0 Å². The Bertz CT molecular complexity index is 341. The topological polar surface area (TPSA) is 27.7 Å². The fourth-order valence-corrected chi connectivity index (χ4v) is 1.62. The van der Waals surface area contributed by atoms with Crippen LogP contribution < -0.4 is 4.74 Å². The van der Waals surface area contributed by atoms with E-state index in [1.807, 2.05) is 13.8 Å². The number of ether oxygens (including phenoxy) is 3. The summed E-state index contributed by atoms with van der Waals surface area (Å²) < 4.78 is 29.9. The maximum Gasteiger partial charge on any atom is 0.191 e. The number of benzene rings is 1. The largest absolute Gasteiger partial charge is 0.485 e. The molecule has 0 aromatic heterocycles. The van der Waals surface area contributed by atoms with E-state index in [-0.39, 0.29) is 12.4 Å². The number of hydrogen-bond donors (Lipinski definition) is 0. The molecular formula is C12H16BrFO3. The first-order valence-corrected chi connectivity index (χ1v) is 6.28. The lowest BCUT2D eigenvalue weighted by Crippen LogP contribution is -2.25. The van der Waals surface area contributed by atoms with Crippen LogP contribution in [0.25, 0.3) is 0 Å². The Balaban J connectivity index is 2.55. The Labute approximate surface area is 109 Å². The summed E-state index contributed by atoms with van der Waals surface area (Å²) in [4.78, 5) is 0. The molecule has 1 rings (SSSR count). The normalized spacial score (nSPS) is 10.9. The van der Waals surface area contributed by atoms with Gasteiger partial charge in [-0.1, -0.05) is 6.07 Å². The first-order chi connectivity index (χ1) is 8.19. The van der Waals surface area contributed by atoms with Gasteiger partial charge in [-0.05, 0) is 41.9 Å². The van der Waals surface area contributed by atoms with Gasteiger partial charge in [0.1, 0.15) is 6.61 Å². The molecule has 0 amide bonds. The van der Waals surface area contributed by atoms with Gasteiger partial charge in [-0.25, -0.2) is 4.39 Å². The highest BCUT2D eigenvalue weighted by molar-refractivity contribution is 9.10. The molecule has 17 heavy (non-hydrogen) atoms. The Morgan fingerprint density at radius 3 is 2.47 bits per heavy atom. The zero-order valence-corrected chi connectivity index (χ0v) is 11.5. The Kier molecular flexibility index (Phi) is 6.47. The minimum absolute atomic E-state index is 0.162. The van der Waals surface area contributed by atoms with Gasteiger partial charge in [0.15, 0.2) is 17.9 Å². The van der Waals surface area contributed by atoms with Crippen molar-refractivity contribution in [2.75, 3.05) is 19.8 Å². The summed E-state index contributed by atoms with van der Waals surface area (Å²) in [7, 11) is 0. The third-order valence-corrected chi connectivity index (χ3v) is 2.61. The van der Waals surface area contributed by atoms with Crippen LogP contribution in [0.15, 0.2) is 22.7 Å².